The molecule has 0 aliphatic rings. The van der Waals surface area contributed by atoms with Crippen LogP contribution in [0.25, 0.3) is 5.69 Å². The van der Waals surface area contributed by atoms with Gasteiger partial charge in [-0.05, 0) is 48.9 Å². The fourth-order valence-electron chi connectivity index (χ4n) is 2.38. The third kappa shape index (κ3) is 3.83. The van der Waals surface area contributed by atoms with E-state index in [9.17, 15) is 4.79 Å². The highest BCUT2D eigenvalue weighted by atomic mass is 32.2. The molecular weight excluding hydrogens is 336 g/mol. The largest absolute Gasteiger partial charge is 0.497 e. The zero-order valence-electron chi connectivity index (χ0n) is 14.0. The maximum atomic E-state index is 11.1. The number of aryl methyl sites for hydroxylation is 1. The molecule has 1 heterocycles. The second-order valence-corrected chi connectivity index (χ2v) is 6.36. The summed E-state index contributed by atoms with van der Waals surface area (Å²) < 4.78 is 7.20. The normalized spacial score (nSPS) is 10.6. The van der Waals surface area contributed by atoms with E-state index in [-0.39, 0.29) is 0 Å². The predicted octanol–water partition coefficient (Wildman–Crippen LogP) is 2.98. The number of benzene rings is 2. The summed E-state index contributed by atoms with van der Waals surface area (Å²) in [6.07, 6.45) is 0. The number of carbonyl (C=O) groups excluding carboxylic acids is 1. The summed E-state index contributed by atoms with van der Waals surface area (Å²) >= 11 is 1.58. The SMILES string of the molecule is COc1ccc(-n2c(C)nnc2SCc2ccc(C(N)=O)cc2)cc1. The Morgan fingerprint density at radius 3 is 2.40 bits per heavy atom. The molecule has 0 atom stereocenters. The number of hydrogen-bond donors (Lipinski definition) is 1. The number of carbonyl (C=O) groups is 1. The number of primary amides is 1. The van der Waals surface area contributed by atoms with Crippen molar-refractivity contribution >= 4 is 17.7 Å². The zero-order chi connectivity index (χ0) is 17.8. The molecule has 0 unspecified atom stereocenters. The van der Waals surface area contributed by atoms with Crippen molar-refractivity contribution in [1.29, 1.82) is 0 Å². The Morgan fingerprint density at radius 2 is 1.80 bits per heavy atom. The van der Waals surface area contributed by atoms with Crippen LogP contribution in [0.3, 0.4) is 0 Å². The Balaban J connectivity index is 1.78. The summed E-state index contributed by atoms with van der Waals surface area (Å²) in [5.41, 5.74) is 7.83. The monoisotopic (exact) mass is 354 g/mol. The van der Waals surface area contributed by atoms with Gasteiger partial charge in [0.1, 0.15) is 11.6 Å². The Morgan fingerprint density at radius 1 is 1.12 bits per heavy atom. The predicted molar refractivity (Wildman–Crippen MR) is 97.2 cm³/mol. The smallest absolute Gasteiger partial charge is 0.248 e. The van der Waals surface area contributed by atoms with Gasteiger partial charge in [-0.15, -0.1) is 10.2 Å². The summed E-state index contributed by atoms with van der Waals surface area (Å²) in [5, 5.41) is 9.26. The Kier molecular flexibility index (Phi) is 5.04. The van der Waals surface area contributed by atoms with Crippen molar-refractivity contribution in [1.82, 2.24) is 14.8 Å². The lowest BCUT2D eigenvalue weighted by atomic mass is 10.1. The summed E-state index contributed by atoms with van der Waals surface area (Å²) in [6, 6.07) is 15.0. The van der Waals surface area contributed by atoms with Crippen LogP contribution in [0.15, 0.2) is 53.7 Å². The average molecular weight is 354 g/mol. The number of aromatic nitrogens is 3. The van der Waals surface area contributed by atoms with Crippen LogP contribution in [0, 0.1) is 6.92 Å². The van der Waals surface area contributed by atoms with Gasteiger partial charge >= 0.3 is 0 Å². The molecule has 25 heavy (non-hydrogen) atoms. The van der Waals surface area contributed by atoms with Crippen molar-refractivity contribution in [3.8, 4) is 11.4 Å². The van der Waals surface area contributed by atoms with Crippen LogP contribution < -0.4 is 10.5 Å². The van der Waals surface area contributed by atoms with Crippen molar-refractivity contribution in [3.05, 3.63) is 65.5 Å². The summed E-state index contributed by atoms with van der Waals surface area (Å²) in [5.74, 6) is 1.91. The molecule has 2 N–H and O–H groups in total. The standard InChI is InChI=1S/C18H18N4O2S/c1-12-20-21-18(22(12)15-7-9-16(24-2)10-8-15)25-11-13-3-5-14(6-4-13)17(19)23/h3-10H,11H2,1-2H3,(H2,19,23). The minimum absolute atomic E-state index is 0.422. The number of hydrogen-bond acceptors (Lipinski definition) is 5. The van der Waals surface area contributed by atoms with Crippen molar-refractivity contribution in [2.24, 2.45) is 5.73 Å². The van der Waals surface area contributed by atoms with Gasteiger partial charge in [0.05, 0.1) is 7.11 Å². The molecule has 0 saturated heterocycles. The number of thioether (sulfide) groups is 1. The van der Waals surface area contributed by atoms with Gasteiger partial charge in [-0.25, -0.2) is 0 Å². The van der Waals surface area contributed by atoms with E-state index in [4.69, 9.17) is 10.5 Å². The summed E-state index contributed by atoms with van der Waals surface area (Å²) in [6.45, 7) is 1.92. The first-order valence-corrected chi connectivity index (χ1v) is 8.65. The zero-order valence-corrected chi connectivity index (χ0v) is 14.8. The van der Waals surface area contributed by atoms with E-state index >= 15 is 0 Å². The molecule has 1 amide bonds. The minimum atomic E-state index is -0.422. The van der Waals surface area contributed by atoms with Gasteiger partial charge in [0.25, 0.3) is 0 Å². The van der Waals surface area contributed by atoms with Gasteiger partial charge in [-0.1, -0.05) is 23.9 Å². The van der Waals surface area contributed by atoms with Gasteiger partial charge in [-0.3, -0.25) is 9.36 Å². The van der Waals surface area contributed by atoms with Gasteiger partial charge in [0, 0.05) is 17.0 Å². The molecule has 0 aliphatic carbocycles. The van der Waals surface area contributed by atoms with Gasteiger partial charge in [0.2, 0.25) is 5.91 Å². The number of nitrogens with two attached hydrogens (primary N) is 1. The molecule has 0 aliphatic heterocycles. The molecule has 0 radical (unpaired) electrons. The van der Waals surface area contributed by atoms with Crippen LogP contribution in [0.1, 0.15) is 21.7 Å². The quantitative estimate of drug-likeness (QED) is 0.688. The highest BCUT2D eigenvalue weighted by Crippen LogP contribution is 2.26. The van der Waals surface area contributed by atoms with Gasteiger partial charge < -0.3 is 10.5 Å². The lowest BCUT2D eigenvalue weighted by molar-refractivity contribution is 0.100. The number of ether oxygens (including phenoxy) is 1. The number of amides is 1. The molecule has 128 valence electrons. The van der Waals surface area contributed by atoms with Crippen molar-refractivity contribution in [2.45, 2.75) is 17.8 Å². The van der Waals surface area contributed by atoms with E-state index in [0.717, 1.165) is 28.0 Å². The first kappa shape index (κ1) is 17.0. The number of methoxy groups -OCH3 is 1. The molecule has 0 bridgehead atoms. The first-order valence-electron chi connectivity index (χ1n) is 7.66. The van der Waals surface area contributed by atoms with Crippen molar-refractivity contribution < 1.29 is 9.53 Å². The number of rotatable bonds is 6. The molecule has 7 heteroatoms. The molecule has 0 saturated carbocycles. The highest BCUT2D eigenvalue weighted by Gasteiger charge is 2.12. The molecule has 1 aromatic heterocycles. The van der Waals surface area contributed by atoms with Crippen molar-refractivity contribution in [3.63, 3.8) is 0 Å². The molecule has 0 spiro atoms. The van der Waals surface area contributed by atoms with E-state index in [0.29, 0.717) is 11.3 Å². The lowest BCUT2D eigenvalue weighted by Crippen LogP contribution is -2.10. The van der Waals surface area contributed by atoms with Gasteiger partial charge in [0.15, 0.2) is 5.16 Å². The average Bonchev–Trinajstić information content (AvgIpc) is 3.01. The van der Waals surface area contributed by atoms with Gasteiger partial charge in [-0.2, -0.15) is 0 Å². The minimum Gasteiger partial charge on any atom is -0.497 e. The molecule has 6 nitrogen and oxygen atoms in total. The van der Waals surface area contributed by atoms with Crippen LogP contribution in [0.4, 0.5) is 0 Å². The van der Waals surface area contributed by atoms with Crippen LogP contribution >= 0.6 is 11.8 Å². The highest BCUT2D eigenvalue weighted by molar-refractivity contribution is 7.98. The Bertz CT molecular complexity index is 873. The third-order valence-electron chi connectivity index (χ3n) is 3.73. The second kappa shape index (κ2) is 7.40. The molecule has 2 aromatic carbocycles. The molecule has 3 aromatic rings. The fourth-order valence-corrected chi connectivity index (χ4v) is 3.33. The van der Waals surface area contributed by atoms with E-state index in [1.807, 2.05) is 47.9 Å². The Hall–Kier alpha value is -2.80. The van der Waals surface area contributed by atoms with E-state index in [1.54, 1.807) is 31.0 Å². The van der Waals surface area contributed by atoms with Crippen molar-refractivity contribution in [2.75, 3.05) is 7.11 Å². The fraction of sp³-hybridized carbons (Fsp3) is 0.167. The number of nitrogens with zero attached hydrogens (tertiary/aromatic N) is 3. The maximum absolute atomic E-state index is 11.1. The van der Waals surface area contributed by atoms with Crippen LogP contribution in [0.2, 0.25) is 0 Å². The molecule has 0 fully saturated rings. The summed E-state index contributed by atoms with van der Waals surface area (Å²) in [7, 11) is 1.64. The third-order valence-corrected chi connectivity index (χ3v) is 4.73. The lowest BCUT2D eigenvalue weighted by Gasteiger charge is -2.09. The van der Waals surface area contributed by atoms with E-state index in [2.05, 4.69) is 10.2 Å². The van der Waals surface area contributed by atoms with Crippen LogP contribution in [-0.2, 0) is 5.75 Å². The van der Waals surface area contributed by atoms with Crippen LogP contribution in [0.5, 0.6) is 5.75 Å². The molecule has 3 rings (SSSR count). The van der Waals surface area contributed by atoms with E-state index in [1.165, 1.54) is 0 Å². The molecular formula is C18H18N4O2S. The Labute approximate surface area is 150 Å². The first-order chi connectivity index (χ1) is 12.1. The topological polar surface area (TPSA) is 83.0 Å². The second-order valence-electron chi connectivity index (χ2n) is 5.41. The maximum Gasteiger partial charge on any atom is 0.248 e. The van der Waals surface area contributed by atoms with E-state index < -0.39 is 5.91 Å². The van der Waals surface area contributed by atoms with Crippen LogP contribution in [-0.4, -0.2) is 27.8 Å². The summed E-state index contributed by atoms with van der Waals surface area (Å²) in [4.78, 5) is 11.1.